The number of anilines is 1. The van der Waals surface area contributed by atoms with E-state index in [9.17, 15) is 4.79 Å². The number of rotatable bonds is 5. The number of aryl methyl sites for hydroxylation is 1. The number of hydrogen-bond donors (Lipinski definition) is 0. The summed E-state index contributed by atoms with van der Waals surface area (Å²) in [5.74, 6) is 0.619. The lowest BCUT2D eigenvalue weighted by molar-refractivity contribution is -0.139. The van der Waals surface area contributed by atoms with Crippen LogP contribution in [0.25, 0.3) is 0 Å². The van der Waals surface area contributed by atoms with E-state index >= 15 is 0 Å². The van der Waals surface area contributed by atoms with Crippen LogP contribution in [-0.2, 0) is 9.53 Å². The predicted molar refractivity (Wildman–Crippen MR) is 67.8 cm³/mol. The third-order valence-corrected chi connectivity index (χ3v) is 2.44. The maximum Gasteiger partial charge on any atom is 0.325 e. The van der Waals surface area contributed by atoms with E-state index in [0.29, 0.717) is 11.8 Å². The summed E-state index contributed by atoms with van der Waals surface area (Å²) < 4.78 is 9.77. The summed E-state index contributed by atoms with van der Waals surface area (Å²) in [6, 6.07) is 1.82. The molecule has 1 aromatic heterocycles. The fourth-order valence-corrected chi connectivity index (χ4v) is 1.45. The van der Waals surface area contributed by atoms with Crippen molar-refractivity contribution in [2.45, 2.75) is 26.8 Å². The standard InChI is InChI=1S/C12H19N3O3/c1-8(2)15(7-11(16)18-5)12-13-9(3)6-10(14-12)17-4/h6,8H,7H2,1-5H3. The summed E-state index contributed by atoms with van der Waals surface area (Å²) in [5.41, 5.74) is 0.785. The lowest BCUT2D eigenvalue weighted by Crippen LogP contribution is -2.37. The van der Waals surface area contributed by atoms with Crippen molar-refractivity contribution in [2.75, 3.05) is 25.7 Å². The number of hydrogen-bond acceptors (Lipinski definition) is 6. The number of carbonyl (C=O) groups excluding carboxylic acids is 1. The monoisotopic (exact) mass is 253 g/mol. The second-order valence-corrected chi connectivity index (χ2v) is 4.15. The quantitative estimate of drug-likeness (QED) is 0.734. The molecule has 6 heteroatoms. The second-order valence-electron chi connectivity index (χ2n) is 4.15. The lowest BCUT2D eigenvalue weighted by Gasteiger charge is -2.25. The first-order chi connectivity index (χ1) is 8.47. The molecular weight excluding hydrogens is 234 g/mol. The fourth-order valence-electron chi connectivity index (χ4n) is 1.45. The molecule has 0 saturated carbocycles. The average Bonchev–Trinajstić information content (AvgIpc) is 2.34. The summed E-state index contributed by atoms with van der Waals surface area (Å²) in [5, 5.41) is 0. The van der Waals surface area contributed by atoms with Gasteiger partial charge >= 0.3 is 5.97 Å². The van der Waals surface area contributed by atoms with Crippen LogP contribution in [0.4, 0.5) is 5.95 Å². The van der Waals surface area contributed by atoms with Crippen LogP contribution in [0.3, 0.4) is 0 Å². The number of aromatic nitrogens is 2. The average molecular weight is 253 g/mol. The van der Waals surface area contributed by atoms with Crippen molar-refractivity contribution < 1.29 is 14.3 Å². The van der Waals surface area contributed by atoms with E-state index in [1.54, 1.807) is 18.1 Å². The molecule has 0 aliphatic heterocycles. The minimum absolute atomic E-state index is 0.0793. The Balaban J connectivity index is 3.05. The molecule has 0 aromatic carbocycles. The van der Waals surface area contributed by atoms with Gasteiger partial charge in [-0.05, 0) is 20.8 Å². The Kier molecular flexibility index (Phi) is 4.88. The van der Waals surface area contributed by atoms with Gasteiger partial charge in [0, 0.05) is 17.8 Å². The van der Waals surface area contributed by atoms with Gasteiger partial charge in [-0.15, -0.1) is 0 Å². The lowest BCUT2D eigenvalue weighted by atomic mass is 10.3. The van der Waals surface area contributed by atoms with E-state index < -0.39 is 0 Å². The Hall–Kier alpha value is -1.85. The van der Waals surface area contributed by atoms with E-state index in [1.165, 1.54) is 7.11 Å². The van der Waals surface area contributed by atoms with Crippen molar-refractivity contribution in [3.63, 3.8) is 0 Å². The molecule has 0 atom stereocenters. The highest BCUT2D eigenvalue weighted by Crippen LogP contribution is 2.17. The summed E-state index contributed by atoms with van der Waals surface area (Å²) in [4.78, 5) is 21.7. The van der Waals surface area contributed by atoms with Gasteiger partial charge in [0.15, 0.2) is 0 Å². The van der Waals surface area contributed by atoms with E-state index in [4.69, 9.17) is 4.74 Å². The molecular formula is C12H19N3O3. The molecule has 0 aliphatic rings. The molecule has 0 spiro atoms. The van der Waals surface area contributed by atoms with Gasteiger partial charge < -0.3 is 14.4 Å². The van der Waals surface area contributed by atoms with Gasteiger partial charge in [-0.2, -0.15) is 4.98 Å². The van der Waals surface area contributed by atoms with Crippen molar-refractivity contribution >= 4 is 11.9 Å². The van der Waals surface area contributed by atoms with Gasteiger partial charge in [-0.25, -0.2) is 4.98 Å². The molecule has 1 rings (SSSR count). The van der Waals surface area contributed by atoms with Gasteiger partial charge in [0.2, 0.25) is 11.8 Å². The van der Waals surface area contributed by atoms with Crippen LogP contribution in [0, 0.1) is 6.92 Å². The highest BCUT2D eigenvalue weighted by molar-refractivity contribution is 5.75. The van der Waals surface area contributed by atoms with Crippen LogP contribution in [-0.4, -0.2) is 42.7 Å². The maximum atomic E-state index is 11.4. The van der Waals surface area contributed by atoms with Crippen LogP contribution >= 0.6 is 0 Å². The van der Waals surface area contributed by atoms with Crippen LogP contribution in [0.2, 0.25) is 0 Å². The molecule has 18 heavy (non-hydrogen) atoms. The highest BCUT2D eigenvalue weighted by Gasteiger charge is 2.18. The largest absolute Gasteiger partial charge is 0.481 e. The molecule has 0 N–H and O–H groups in total. The van der Waals surface area contributed by atoms with Crippen molar-refractivity contribution in [2.24, 2.45) is 0 Å². The topological polar surface area (TPSA) is 64.5 Å². The van der Waals surface area contributed by atoms with Crippen LogP contribution in [0.1, 0.15) is 19.5 Å². The Labute approximate surface area is 107 Å². The van der Waals surface area contributed by atoms with E-state index in [1.807, 2.05) is 20.8 Å². The minimum Gasteiger partial charge on any atom is -0.481 e. The molecule has 0 bridgehead atoms. The molecule has 0 unspecified atom stereocenters. The van der Waals surface area contributed by atoms with Crippen LogP contribution in [0.5, 0.6) is 5.88 Å². The Morgan fingerprint density at radius 1 is 1.39 bits per heavy atom. The summed E-state index contributed by atoms with van der Waals surface area (Å²) in [6.45, 7) is 5.88. The summed E-state index contributed by atoms with van der Waals surface area (Å²) in [6.07, 6.45) is 0. The first kappa shape index (κ1) is 14.2. The number of ether oxygens (including phenoxy) is 2. The number of methoxy groups -OCH3 is 2. The molecule has 0 amide bonds. The Morgan fingerprint density at radius 3 is 2.56 bits per heavy atom. The zero-order chi connectivity index (χ0) is 13.7. The number of esters is 1. The SMILES string of the molecule is COC(=O)CN(c1nc(C)cc(OC)n1)C(C)C. The highest BCUT2D eigenvalue weighted by atomic mass is 16.5. The van der Waals surface area contributed by atoms with Gasteiger partial charge in [0.1, 0.15) is 6.54 Å². The maximum absolute atomic E-state index is 11.4. The molecule has 0 saturated heterocycles. The van der Waals surface area contributed by atoms with Crippen molar-refractivity contribution in [3.8, 4) is 5.88 Å². The number of carbonyl (C=O) groups is 1. The summed E-state index contributed by atoms with van der Waals surface area (Å²) >= 11 is 0. The Morgan fingerprint density at radius 2 is 2.06 bits per heavy atom. The Bertz CT molecular complexity index is 421. The molecule has 0 aliphatic carbocycles. The van der Waals surface area contributed by atoms with Gasteiger partial charge in [-0.3, -0.25) is 4.79 Å². The predicted octanol–water partition coefficient (Wildman–Crippen LogP) is 1.18. The van der Waals surface area contributed by atoms with Crippen LogP contribution in [0.15, 0.2) is 6.07 Å². The van der Waals surface area contributed by atoms with Gasteiger partial charge in [0.25, 0.3) is 0 Å². The third-order valence-electron chi connectivity index (χ3n) is 2.44. The molecule has 100 valence electrons. The van der Waals surface area contributed by atoms with Gasteiger partial charge in [-0.1, -0.05) is 0 Å². The van der Waals surface area contributed by atoms with Crippen LogP contribution < -0.4 is 9.64 Å². The summed E-state index contributed by atoms with van der Waals surface area (Å²) in [7, 11) is 2.91. The molecule has 6 nitrogen and oxygen atoms in total. The van der Waals surface area contributed by atoms with Crippen molar-refractivity contribution in [3.05, 3.63) is 11.8 Å². The van der Waals surface area contributed by atoms with Crippen molar-refractivity contribution in [1.82, 2.24) is 9.97 Å². The zero-order valence-corrected chi connectivity index (χ0v) is 11.4. The fraction of sp³-hybridized carbons (Fsp3) is 0.583. The molecule has 0 radical (unpaired) electrons. The molecule has 0 fully saturated rings. The number of nitrogens with zero attached hydrogens (tertiary/aromatic N) is 3. The third kappa shape index (κ3) is 3.58. The second kappa shape index (κ2) is 6.18. The zero-order valence-electron chi connectivity index (χ0n) is 11.4. The first-order valence-corrected chi connectivity index (χ1v) is 5.71. The first-order valence-electron chi connectivity index (χ1n) is 5.71. The molecule has 1 aromatic rings. The smallest absolute Gasteiger partial charge is 0.325 e. The van der Waals surface area contributed by atoms with Gasteiger partial charge in [0.05, 0.1) is 14.2 Å². The normalized spacial score (nSPS) is 10.3. The van der Waals surface area contributed by atoms with Crippen molar-refractivity contribution in [1.29, 1.82) is 0 Å². The minimum atomic E-state index is -0.326. The van der Waals surface area contributed by atoms with E-state index in [0.717, 1.165) is 5.69 Å². The van der Waals surface area contributed by atoms with E-state index in [2.05, 4.69) is 14.7 Å². The molecule has 1 heterocycles. The van der Waals surface area contributed by atoms with E-state index in [-0.39, 0.29) is 18.6 Å².